The van der Waals surface area contributed by atoms with E-state index in [1.807, 2.05) is 6.07 Å². The third-order valence-electron chi connectivity index (χ3n) is 3.17. The molecular formula is C16H22ClNO3. The quantitative estimate of drug-likeness (QED) is 0.593. The van der Waals surface area contributed by atoms with Crippen molar-refractivity contribution < 1.29 is 14.6 Å². The average Bonchev–Trinajstić information content (AvgIpc) is 2.47. The topological polar surface area (TPSA) is 49.8 Å². The van der Waals surface area contributed by atoms with Crippen LogP contribution in [0.1, 0.15) is 24.0 Å². The molecule has 0 aliphatic carbocycles. The van der Waals surface area contributed by atoms with E-state index in [9.17, 15) is 9.90 Å². The summed E-state index contributed by atoms with van der Waals surface area (Å²) >= 11 is 5.60. The first kappa shape index (κ1) is 17.4. The molecule has 0 fully saturated rings. The van der Waals surface area contributed by atoms with Gasteiger partial charge in [-0.05, 0) is 30.5 Å². The molecule has 1 amide bonds. The van der Waals surface area contributed by atoms with Crippen LogP contribution >= 0.6 is 11.6 Å². The van der Waals surface area contributed by atoms with Crippen LogP contribution in [0.5, 0.6) is 11.5 Å². The predicted octanol–water partition coefficient (Wildman–Crippen LogP) is 3.11. The first-order valence-corrected chi connectivity index (χ1v) is 7.36. The minimum atomic E-state index is 0.0490. The fraction of sp³-hybridized carbons (Fsp3) is 0.438. The zero-order valence-electron chi connectivity index (χ0n) is 12.6. The number of phenols is 1. The number of rotatable bonds is 8. The van der Waals surface area contributed by atoms with Crippen LogP contribution in [0.25, 0.3) is 0 Å². The van der Waals surface area contributed by atoms with Crippen LogP contribution in [0.3, 0.4) is 0 Å². The third-order valence-corrected chi connectivity index (χ3v) is 3.43. The Kier molecular flexibility index (Phi) is 7.09. The Hall–Kier alpha value is -1.68. The zero-order valence-corrected chi connectivity index (χ0v) is 13.3. The highest BCUT2D eigenvalue weighted by Gasteiger charge is 2.13. The van der Waals surface area contributed by atoms with Crippen molar-refractivity contribution in [1.82, 2.24) is 4.90 Å². The van der Waals surface area contributed by atoms with Gasteiger partial charge in [0, 0.05) is 31.5 Å². The second kappa shape index (κ2) is 8.57. The molecule has 1 aromatic carbocycles. The van der Waals surface area contributed by atoms with Gasteiger partial charge in [-0.15, -0.1) is 18.2 Å². The molecule has 0 saturated heterocycles. The summed E-state index contributed by atoms with van der Waals surface area (Å²) < 4.78 is 5.17. The standard InChI is InChI=1S/C16H22ClNO3/c1-4-6-13-9-12(10-14(21-3)16(13)20)11-18(2)15(19)7-5-8-17/h4,9-10,20H,1,5-8,11H2,2-3H3. The summed E-state index contributed by atoms with van der Waals surface area (Å²) in [5.74, 6) is 1.06. The Balaban J connectivity index is 2.89. The van der Waals surface area contributed by atoms with E-state index in [-0.39, 0.29) is 11.7 Å². The summed E-state index contributed by atoms with van der Waals surface area (Å²) in [7, 11) is 3.26. The predicted molar refractivity (Wildman–Crippen MR) is 85.0 cm³/mol. The van der Waals surface area contributed by atoms with Crippen molar-refractivity contribution in [2.24, 2.45) is 0 Å². The monoisotopic (exact) mass is 311 g/mol. The Morgan fingerprint density at radius 3 is 2.81 bits per heavy atom. The Morgan fingerprint density at radius 1 is 1.52 bits per heavy atom. The molecule has 0 saturated carbocycles. The molecular weight excluding hydrogens is 290 g/mol. The van der Waals surface area contributed by atoms with Gasteiger partial charge in [0.2, 0.25) is 5.91 Å². The van der Waals surface area contributed by atoms with Crippen molar-refractivity contribution in [3.05, 3.63) is 35.9 Å². The maximum atomic E-state index is 11.9. The molecule has 116 valence electrons. The van der Waals surface area contributed by atoms with Gasteiger partial charge in [-0.3, -0.25) is 4.79 Å². The molecule has 0 aliphatic rings. The fourth-order valence-electron chi connectivity index (χ4n) is 2.06. The van der Waals surface area contributed by atoms with Crippen LogP contribution in [0.4, 0.5) is 0 Å². The number of ether oxygens (including phenoxy) is 1. The summed E-state index contributed by atoms with van der Waals surface area (Å²) in [6, 6.07) is 3.61. The molecule has 1 N–H and O–H groups in total. The lowest BCUT2D eigenvalue weighted by Crippen LogP contribution is -2.26. The molecule has 1 aromatic rings. The van der Waals surface area contributed by atoms with Crippen molar-refractivity contribution in [2.75, 3.05) is 20.0 Å². The number of hydrogen-bond donors (Lipinski definition) is 1. The lowest BCUT2D eigenvalue weighted by Gasteiger charge is -2.19. The summed E-state index contributed by atoms with van der Waals surface area (Å²) in [5.41, 5.74) is 1.64. The Labute approximate surface area is 131 Å². The van der Waals surface area contributed by atoms with Crippen LogP contribution in [0, 0.1) is 0 Å². The molecule has 4 nitrogen and oxygen atoms in total. The van der Waals surface area contributed by atoms with Crippen molar-refractivity contribution in [3.8, 4) is 11.5 Å². The number of benzene rings is 1. The first-order valence-electron chi connectivity index (χ1n) is 6.83. The zero-order chi connectivity index (χ0) is 15.8. The smallest absolute Gasteiger partial charge is 0.222 e. The van der Waals surface area contributed by atoms with Gasteiger partial charge in [-0.1, -0.05) is 6.08 Å². The molecule has 0 bridgehead atoms. The van der Waals surface area contributed by atoms with E-state index in [2.05, 4.69) is 6.58 Å². The maximum absolute atomic E-state index is 11.9. The molecule has 0 radical (unpaired) electrons. The molecule has 0 heterocycles. The Bertz CT molecular complexity index is 503. The number of hydrogen-bond acceptors (Lipinski definition) is 3. The number of nitrogens with zero attached hydrogens (tertiary/aromatic N) is 1. The van der Waals surface area contributed by atoms with E-state index in [1.165, 1.54) is 7.11 Å². The van der Waals surface area contributed by atoms with E-state index in [0.717, 1.165) is 11.1 Å². The molecule has 21 heavy (non-hydrogen) atoms. The minimum absolute atomic E-state index is 0.0490. The number of allylic oxidation sites excluding steroid dienone is 1. The number of carbonyl (C=O) groups excluding carboxylic acids is 1. The van der Waals surface area contributed by atoms with E-state index in [1.54, 1.807) is 24.1 Å². The van der Waals surface area contributed by atoms with Crippen LogP contribution in [0.15, 0.2) is 24.8 Å². The average molecular weight is 312 g/mol. The molecule has 0 spiro atoms. The third kappa shape index (κ3) is 4.97. The van der Waals surface area contributed by atoms with Crippen LogP contribution in [-0.4, -0.2) is 36.0 Å². The molecule has 0 unspecified atom stereocenters. The highest BCUT2D eigenvalue weighted by molar-refractivity contribution is 6.17. The number of methoxy groups -OCH3 is 1. The number of amides is 1. The van der Waals surface area contributed by atoms with Gasteiger partial charge >= 0.3 is 0 Å². The van der Waals surface area contributed by atoms with E-state index in [4.69, 9.17) is 16.3 Å². The second-order valence-electron chi connectivity index (χ2n) is 4.84. The van der Waals surface area contributed by atoms with Gasteiger partial charge in [0.1, 0.15) is 0 Å². The van der Waals surface area contributed by atoms with Crippen molar-refractivity contribution >= 4 is 17.5 Å². The normalized spacial score (nSPS) is 10.2. The van der Waals surface area contributed by atoms with Crippen molar-refractivity contribution in [1.29, 1.82) is 0 Å². The summed E-state index contributed by atoms with van der Waals surface area (Å²) in [6.07, 6.45) is 3.37. The van der Waals surface area contributed by atoms with Crippen LogP contribution in [-0.2, 0) is 17.8 Å². The lowest BCUT2D eigenvalue weighted by atomic mass is 10.1. The van der Waals surface area contributed by atoms with Crippen molar-refractivity contribution in [3.63, 3.8) is 0 Å². The number of phenolic OH excluding ortho intramolecular Hbond substituents is 1. The number of aromatic hydroxyl groups is 1. The van der Waals surface area contributed by atoms with Crippen molar-refractivity contribution in [2.45, 2.75) is 25.8 Å². The molecule has 0 atom stereocenters. The summed E-state index contributed by atoms with van der Waals surface area (Å²) in [5, 5.41) is 10.0. The van der Waals surface area contributed by atoms with E-state index < -0.39 is 0 Å². The van der Waals surface area contributed by atoms with Gasteiger partial charge in [0.05, 0.1) is 7.11 Å². The number of carbonyl (C=O) groups is 1. The lowest BCUT2D eigenvalue weighted by molar-refractivity contribution is -0.130. The van der Waals surface area contributed by atoms with Crippen LogP contribution < -0.4 is 4.74 Å². The molecule has 5 heteroatoms. The first-order chi connectivity index (χ1) is 10.0. The highest BCUT2D eigenvalue weighted by atomic mass is 35.5. The number of halogens is 1. The SMILES string of the molecule is C=CCc1cc(CN(C)C(=O)CCCCl)cc(OC)c1O. The van der Waals surface area contributed by atoms with Gasteiger partial charge in [0.25, 0.3) is 0 Å². The summed E-state index contributed by atoms with van der Waals surface area (Å²) in [6.45, 7) is 4.14. The Morgan fingerprint density at radius 2 is 2.24 bits per heavy atom. The maximum Gasteiger partial charge on any atom is 0.222 e. The molecule has 0 aromatic heterocycles. The van der Waals surface area contributed by atoms with Gasteiger partial charge in [-0.25, -0.2) is 0 Å². The molecule has 1 rings (SSSR count). The van der Waals surface area contributed by atoms with Gasteiger partial charge < -0.3 is 14.7 Å². The number of alkyl halides is 1. The van der Waals surface area contributed by atoms with Gasteiger partial charge in [-0.2, -0.15) is 0 Å². The summed E-state index contributed by atoms with van der Waals surface area (Å²) in [4.78, 5) is 13.6. The fourth-order valence-corrected chi connectivity index (χ4v) is 2.19. The van der Waals surface area contributed by atoms with E-state index >= 15 is 0 Å². The van der Waals surface area contributed by atoms with E-state index in [0.29, 0.717) is 37.4 Å². The minimum Gasteiger partial charge on any atom is -0.504 e. The van der Waals surface area contributed by atoms with Crippen LogP contribution in [0.2, 0.25) is 0 Å². The second-order valence-corrected chi connectivity index (χ2v) is 5.22. The highest BCUT2D eigenvalue weighted by Crippen LogP contribution is 2.32. The largest absolute Gasteiger partial charge is 0.504 e. The van der Waals surface area contributed by atoms with Gasteiger partial charge in [0.15, 0.2) is 11.5 Å². The molecule has 0 aliphatic heterocycles.